The minimum Gasteiger partial charge on any atom is -0.460 e. The lowest BCUT2D eigenvalue weighted by molar-refractivity contribution is -0.156. The molecular formula is C24H35N3O4. The molecule has 31 heavy (non-hydrogen) atoms. The highest BCUT2D eigenvalue weighted by Gasteiger charge is 2.26. The first-order valence-electron chi connectivity index (χ1n) is 11.4. The predicted octanol–water partition coefficient (Wildman–Crippen LogP) is 3.42. The number of piperidine rings is 2. The van der Waals surface area contributed by atoms with Crippen molar-refractivity contribution in [2.45, 2.75) is 71.3 Å². The van der Waals surface area contributed by atoms with E-state index in [1.54, 1.807) is 0 Å². The lowest BCUT2D eigenvalue weighted by Gasteiger charge is -2.34. The van der Waals surface area contributed by atoms with Gasteiger partial charge in [0.15, 0.2) is 0 Å². The smallest absolute Gasteiger partial charge is 0.306 e. The van der Waals surface area contributed by atoms with Crippen LogP contribution in [0, 0.1) is 5.92 Å². The number of hydrogen-bond donors (Lipinski definition) is 2. The highest BCUT2D eigenvalue weighted by atomic mass is 16.6. The van der Waals surface area contributed by atoms with Crippen LogP contribution in [-0.4, -0.2) is 43.0 Å². The summed E-state index contributed by atoms with van der Waals surface area (Å²) in [4.78, 5) is 35.2. The zero-order valence-corrected chi connectivity index (χ0v) is 19.0. The third kappa shape index (κ3) is 6.97. The molecule has 7 nitrogen and oxygen atoms in total. The minimum atomic E-state index is -0.380. The Morgan fingerprint density at radius 2 is 1.77 bits per heavy atom. The quantitative estimate of drug-likeness (QED) is 0.566. The van der Waals surface area contributed by atoms with Crippen molar-refractivity contribution in [1.29, 1.82) is 0 Å². The van der Waals surface area contributed by atoms with Gasteiger partial charge in [0, 0.05) is 55.8 Å². The first-order chi connectivity index (χ1) is 14.7. The topological polar surface area (TPSA) is 87.7 Å². The Balaban J connectivity index is 0.000000287. The molecule has 2 saturated heterocycles. The number of anilines is 2. The number of nitrogens with zero attached hydrogens (tertiary/aromatic N) is 1. The van der Waals surface area contributed by atoms with Gasteiger partial charge in [-0.05, 0) is 64.5 Å². The molecule has 4 rings (SSSR count). The van der Waals surface area contributed by atoms with E-state index in [0.29, 0.717) is 31.6 Å². The van der Waals surface area contributed by atoms with Crippen molar-refractivity contribution in [3.8, 4) is 0 Å². The third-order valence-electron chi connectivity index (χ3n) is 5.76. The van der Waals surface area contributed by atoms with Crippen LogP contribution in [0.3, 0.4) is 0 Å². The average molecular weight is 430 g/mol. The zero-order valence-electron chi connectivity index (χ0n) is 19.0. The number of hydrogen-bond acceptors (Lipinski definition) is 6. The molecule has 0 atom stereocenters. The molecule has 0 bridgehead atoms. The number of carbonyl (C=O) groups is 3. The summed E-state index contributed by atoms with van der Waals surface area (Å²) in [6, 6.07) is 6.54. The molecule has 7 heteroatoms. The summed E-state index contributed by atoms with van der Waals surface area (Å²) >= 11 is 0. The molecule has 3 aliphatic rings. The molecule has 2 fully saturated rings. The van der Waals surface area contributed by atoms with Crippen LogP contribution in [0.25, 0.3) is 0 Å². The molecule has 1 aromatic rings. The van der Waals surface area contributed by atoms with Crippen LogP contribution in [0.2, 0.25) is 0 Å². The summed E-state index contributed by atoms with van der Waals surface area (Å²) in [5.41, 5.74) is 3.75. The van der Waals surface area contributed by atoms with Crippen molar-refractivity contribution in [3.05, 3.63) is 23.8 Å². The van der Waals surface area contributed by atoms with E-state index in [-0.39, 0.29) is 23.4 Å². The maximum atomic E-state index is 12.0. The van der Waals surface area contributed by atoms with E-state index in [1.165, 1.54) is 16.9 Å². The third-order valence-corrected chi connectivity index (χ3v) is 5.76. The molecule has 0 saturated carbocycles. The summed E-state index contributed by atoms with van der Waals surface area (Å²) < 4.78 is 5.45. The fraction of sp³-hybridized carbons (Fsp3) is 0.625. The van der Waals surface area contributed by atoms with Crippen molar-refractivity contribution in [1.82, 2.24) is 5.32 Å². The lowest BCUT2D eigenvalue weighted by atomic mass is 9.92. The number of esters is 1. The Hall–Kier alpha value is -2.57. The van der Waals surface area contributed by atoms with Crippen LogP contribution in [0.5, 0.6) is 0 Å². The minimum absolute atomic E-state index is 0.0549. The van der Waals surface area contributed by atoms with E-state index in [0.717, 1.165) is 38.9 Å². The van der Waals surface area contributed by atoms with E-state index in [2.05, 4.69) is 33.7 Å². The van der Waals surface area contributed by atoms with Gasteiger partial charge in [-0.1, -0.05) is 6.07 Å². The second-order valence-corrected chi connectivity index (χ2v) is 9.53. The van der Waals surface area contributed by atoms with Gasteiger partial charge in [0.25, 0.3) is 0 Å². The molecule has 0 aromatic heterocycles. The van der Waals surface area contributed by atoms with E-state index in [1.807, 2.05) is 20.8 Å². The van der Waals surface area contributed by atoms with Gasteiger partial charge in [0.2, 0.25) is 11.8 Å². The molecule has 0 spiro atoms. The SMILES string of the molecule is CC(C)(C)OC(=O)CC1CCN(c2cccc3c2CCN3)CC1.O=C1CCCC(=O)N1. The monoisotopic (exact) mass is 429 g/mol. The average Bonchev–Trinajstić information content (AvgIpc) is 3.16. The van der Waals surface area contributed by atoms with Gasteiger partial charge in [-0.2, -0.15) is 0 Å². The van der Waals surface area contributed by atoms with Crippen LogP contribution in [0.4, 0.5) is 11.4 Å². The Morgan fingerprint density at radius 3 is 2.35 bits per heavy atom. The fourth-order valence-corrected chi connectivity index (χ4v) is 4.31. The number of fused-ring (bicyclic) bond motifs is 1. The second-order valence-electron chi connectivity index (χ2n) is 9.53. The van der Waals surface area contributed by atoms with Crippen molar-refractivity contribution in [3.63, 3.8) is 0 Å². The largest absolute Gasteiger partial charge is 0.460 e. The van der Waals surface area contributed by atoms with Gasteiger partial charge in [-0.25, -0.2) is 0 Å². The number of nitrogens with one attached hydrogen (secondary N) is 2. The van der Waals surface area contributed by atoms with E-state index in [4.69, 9.17) is 4.74 Å². The van der Waals surface area contributed by atoms with E-state index in [9.17, 15) is 14.4 Å². The van der Waals surface area contributed by atoms with E-state index < -0.39 is 0 Å². The second kappa shape index (κ2) is 10.2. The fourth-order valence-electron chi connectivity index (χ4n) is 4.31. The van der Waals surface area contributed by atoms with Crippen molar-refractivity contribution in [2.75, 3.05) is 29.9 Å². The molecule has 3 aliphatic heterocycles. The number of amides is 2. The molecular weight excluding hydrogens is 394 g/mol. The van der Waals surface area contributed by atoms with Crippen molar-refractivity contribution in [2.24, 2.45) is 5.92 Å². The maximum absolute atomic E-state index is 12.0. The number of ether oxygens (including phenoxy) is 1. The van der Waals surface area contributed by atoms with Gasteiger partial charge in [0.05, 0.1) is 0 Å². The number of imide groups is 1. The van der Waals surface area contributed by atoms with E-state index >= 15 is 0 Å². The normalized spacial score (nSPS) is 19.0. The molecule has 2 amide bonds. The standard InChI is InChI=1S/C19H28N2O2.C5H7NO2/c1-19(2,3)23-18(22)13-14-8-11-21(12-9-14)17-6-4-5-16-15(17)7-10-20-16;7-4-2-1-3-5(8)6-4/h4-6,14,20H,7-13H2,1-3H3;1-3H2,(H,6,7,8). The van der Waals surface area contributed by atoms with Gasteiger partial charge in [-0.3, -0.25) is 19.7 Å². The summed E-state index contributed by atoms with van der Waals surface area (Å²) in [7, 11) is 0. The highest BCUT2D eigenvalue weighted by Crippen LogP contribution is 2.34. The summed E-state index contributed by atoms with van der Waals surface area (Å²) in [5, 5.41) is 5.65. The molecule has 3 heterocycles. The number of carbonyl (C=O) groups excluding carboxylic acids is 3. The Bertz CT molecular complexity index is 794. The van der Waals surface area contributed by atoms with Crippen molar-refractivity contribution >= 4 is 29.2 Å². The summed E-state index contributed by atoms with van der Waals surface area (Å²) in [6.07, 6.45) is 5.53. The van der Waals surface area contributed by atoms with Gasteiger partial charge >= 0.3 is 5.97 Å². The van der Waals surface area contributed by atoms with Crippen LogP contribution in [0.1, 0.15) is 64.9 Å². The van der Waals surface area contributed by atoms with Gasteiger partial charge in [0.1, 0.15) is 5.60 Å². The first-order valence-corrected chi connectivity index (χ1v) is 11.4. The first kappa shape index (κ1) is 23.1. The van der Waals surface area contributed by atoms with Crippen LogP contribution in [-0.2, 0) is 25.5 Å². The summed E-state index contributed by atoms with van der Waals surface area (Å²) in [5.74, 6) is 0.124. The molecule has 0 radical (unpaired) electrons. The maximum Gasteiger partial charge on any atom is 0.306 e. The lowest BCUT2D eigenvalue weighted by Crippen LogP contribution is -2.35. The number of rotatable bonds is 3. The molecule has 0 aliphatic carbocycles. The predicted molar refractivity (Wildman–Crippen MR) is 121 cm³/mol. The number of benzene rings is 1. The highest BCUT2D eigenvalue weighted by molar-refractivity contribution is 5.97. The van der Waals surface area contributed by atoms with Crippen LogP contribution >= 0.6 is 0 Å². The zero-order chi connectivity index (χ0) is 22.4. The molecule has 2 N–H and O–H groups in total. The summed E-state index contributed by atoms with van der Waals surface area (Å²) in [6.45, 7) is 8.89. The van der Waals surface area contributed by atoms with Crippen LogP contribution < -0.4 is 15.5 Å². The molecule has 1 aromatic carbocycles. The van der Waals surface area contributed by atoms with Gasteiger partial charge in [-0.15, -0.1) is 0 Å². The Morgan fingerprint density at radius 1 is 1.10 bits per heavy atom. The Labute approximate surface area is 184 Å². The van der Waals surface area contributed by atoms with Crippen molar-refractivity contribution < 1.29 is 19.1 Å². The Kier molecular flexibility index (Phi) is 7.57. The van der Waals surface area contributed by atoms with Crippen LogP contribution in [0.15, 0.2) is 18.2 Å². The molecule has 170 valence electrons. The molecule has 0 unspecified atom stereocenters. The van der Waals surface area contributed by atoms with Gasteiger partial charge < -0.3 is 15.0 Å².